The molecule has 0 spiro atoms. The Morgan fingerprint density at radius 3 is 2.24 bits per heavy atom. The summed E-state index contributed by atoms with van der Waals surface area (Å²) in [6.45, 7) is 2.52. The zero-order valence-electron chi connectivity index (χ0n) is 17.3. The van der Waals surface area contributed by atoms with Gasteiger partial charge >= 0.3 is 5.51 Å². The molecular formula is C22H19F3N2O5S. The molecule has 0 aliphatic rings. The number of halogens is 3. The summed E-state index contributed by atoms with van der Waals surface area (Å²) < 4.78 is 71.7. The molecule has 0 aliphatic carbocycles. The SMILES string of the molecule is CCOc1ccc(Oc2cc(CNC(=O)c3ccc(S(=O)(=O)C(F)(F)F)cc3)ccn2)cc1. The first-order valence-corrected chi connectivity index (χ1v) is 11.1. The third-order valence-corrected chi connectivity index (χ3v) is 5.84. The normalized spacial score (nSPS) is 11.6. The van der Waals surface area contributed by atoms with Gasteiger partial charge in [0.1, 0.15) is 11.5 Å². The largest absolute Gasteiger partial charge is 0.501 e. The van der Waals surface area contributed by atoms with Gasteiger partial charge in [-0.05, 0) is 67.1 Å². The van der Waals surface area contributed by atoms with Crippen molar-refractivity contribution in [2.24, 2.45) is 0 Å². The Morgan fingerprint density at radius 1 is 1.00 bits per heavy atom. The van der Waals surface area contributed by atoms with Crippen LogP contribution in [0.4, 0.5) is 13.2 Å². The minimum Gasteiger partial charge on any atom is -0.494 e. The van der Waals surface area contributed by atoms with Crippen LogP contribution in [0.1, 0.15) is 22.8 Å². The maximum atomic E-state index is 12.6. The lowest BCUT2D eigenvalue weighted by molar-refractivity contribution is -0.0436. The molecule has 1 heterocycles. The predicted molar refractivity (Wildman–Crippen MR) is 113 cm³/mol. The van der Waals surface area contributed by atoms with Crippen LogP contribution in [0.25, 0.3) is 0 Å². The van der Waals surface area contributed by atoms with Gasteiger partial charge in [0.15, 0.2) is 0 Å². The Kier molecular flexibility index (Phi) is 7.22. The summed E-state index contributed by atoms with van der Waals surface area (Å²) in [6, 6.07) is 13.8. The van der Waals surface area contributed by atoms with Crippen molar-refractivity contribution in [3.8, 4) is 17.4 Å². The Balaban J connectivity index is 1.61. The number of sulfone groups is 1. The Hall–Kier alpha value is -3.60. The summed E-state index contributed by atoms with van der Waals surface area (Å²) in [6.07, 6.45) is 1.50. The number of amides is 1. The second-order valence-electron chi connectivity index (χ2n) is 6.67. The fourth-order valence-electron chi connectivity index (χ4n) is 2.71. The number of hydrogen-bond acceptors (Lipinski definition) is 6. The van der Waals surface area contributed by atoms with E-state index in [0.717, 1.165) is 24.3 Å². The molecule has 0 bridgehead atoms. The van der Waals surface area contributed by atoms with E-state index in [-0.39, 0.29) is 12.1 Å². The van der Waals surface area contributed by atoms with Crippen LogP contribution >= 0.6 is 0 Å². The number of nitrogens with one attached hydrogen (secondary N) is 1. The quantitative estimate of drug-likeness (QED) is 0.510. The molecule has 2 aromatic carbocycles. The standard InChI is InChI=1S/C22H19F3N2O5S/c1-2-31-17-5-7-18(8-6-17)32-20-13-15(11-12-26-20)14-27-21(28)16-3-9-19(10-4-16)33(29,30)22(23,24)25/h3-13H,2,14H2,1H3,(H,27,28). The Labute approximate surface area is 188 Å². The van der Waals surface area contributed by atoms with Crippen LogP contribution in [0.3, 0.4) is 0 Å². The summed E-state index contributed by atoms with van der Waals surface area (Å²) in [5.41, 5.74) is -4.74. The van der Waals surface area contributed by atoms with Crippen LogP contribution < -0.4 is 14.8 Å². The van der Waals surface area contributed by atoms with E-state index in [0.29, 0.717) is 29.5 Å². The van der Waals surface area contributed by atoms with Crippen molar-refractivity contribution >= 4 is 15.7 Å². The Morgan fingerprint density at radius 2 is 1.64 bits per heavy atom. The minimum absolute atomic E-state index is 0.0102. The molecule has 0 saturated carbocycles. The number of carbonyl (C=O) groups excluding carboxylic acids is 1. The molecule has 3 rings (SSSR count). The summed E-state index contributed by atoms with van der Waals surface area (Å²) in [7, 11) is -5.47. The van der Waals surface area contributed by atoms with Crippen LogP contribution in [-0.4, -0.2) is 31.4 Å². The van der Waals surface area contributed by atoms with Crippen molar-refractivity contribution in [3.63, 3.8) is 0 Å². The smallest absolute Gasteiger partial charge is 0.494 e. The van der Waals surface area contributed by atoms with E-state index in [9.17, 15) is 26.4 Å². The molecular weight excluding hydrogens is 461 g/mol. The first-order valence-electron chi connectivity index (χ1n) is 9.65. The van der Waals surface area contributed by atoms with Crippen LogP contribution in [0.15, 0.2) is 71.8 Å². The van der Waals surface area contributed by atoms with E-state index in [1.54, 1.807) is 36.4 Å². The van der Waals surface area contributed by atoms with Crippen LogP contribution in [0, 0.1) is 0 Å². The molecule has 0 radical (unpaired) electrons. The maximum absolute atomic E-state index is 12.6. The highest BCUT2D eigenvalue weighted by molar-refractivity contribution is 7.92. The van der Waals surface area contributed by atoms with Crippen LogP contribution in [0.5, 0.6) is 17.4 Å². The number of carbonyl (C=O) groups is 1. The number of aromatic nitrogens is 1. The van der Waals surface area contributed by atoms with Crippen LogP contribution in [0.2, 0.25) is 0 Å². The topological polar surface area (TPSA) is 94.6 Å². The van der Waals surface area contributed by atoms with Crippen molar-refractivity contribution in [1.82, 2.24) is 10.3 Å². The van der Waals surface area contributed by atoms with Crippen molar-refractivity contribution in [1.29, 1.82) is 0 Å². The number of benzene rings is 2. The summed E-state index contributed by atoms with van der Waals surface area (Å²) in [5, 5.41) is 2.61. The first kappa shape index (κ1) is 24.1. The van der Waals surface area contributed by atoms with Gasteiger partial charge in [0.2, 0.25) is 5.88 Å². The number of alkyl halides is 3. The first-order chi connectivity index (χ1) is 15.6. The molecule has 174 valence electrons. The predicted octanol–water partition coefficient (Wildman–Crippen LogP) is 4.50. The van der Waals surface area contributed by atoms with Crippen molar-refractivity contribution in [2.45, 2.75) is 23.9 Å². The van der Waals surface area contributed by atoms with E-state index in [1.165, 1.54) is 6.20 Å². The van der Waals surface area contributed by atoms with E-state index in [4.69, 9.17) is 9.47 Å². The van der Waals surface area contributed by atoms with Gasteiger partial charge in [-0.1, -0.05) is 0 Å². The van der Waals surface area contributed by atoms with Gasteiger partial charge in [-0.25, -0.2) is 13.4 Å². The lowest BCUT2D eigenvalue weighted by Crippen LogP contribution is -2.24. The van der Waals surface area contributed by atoms with Gasteiger partial charge in [0.05, 0.1) is 11.5 Å². The number of hydrogen-bond donors (Lipinski definition) is 1. The van der Waals surface area contributed by atoms with Crippen molar-refractivity contribution < 1.29 is 35.9 Å². The van der Waals surface area contributed by atoms with Crippen molar-refractivity contribution in [2.75, 3.05) is 6.61 Å². The van der Waals surface area contributed by atoms with Gasteiger partial charge in [-0.2, -0.15) is 13.2 Å². The second kappa shape index (κ2) is 9.90. The average Bonchev–Trinajstić information content (AvgIpc) is 2.78. The zero-order valence-corrected chi connectivity index (χ0v) is 18.1. The molecule has 0 atom stereocenters. The molecule has 7 nitrogen and oxygen atoms in total. The minimum atomic E-state index is -5.47. The summed E-state index contributed by atoms with van der Waals surface area (Å²) in [5.74, 6) is 0.962. The maximum Gasteiger partial charge on any atom is 0.501 e. The molecule has 1 aromatic heterocycles. The molecule has 0 fully saturated rings. The summed E-state index contributed by atoms with van der Waals surface area (Å²) in [4.78, 5) is 15.5. The molecule has 1 N–H and O–H groups in total. The molecule has 0 unspecified atom stereocenters. The lowest BCUT2D eigenvalue weighted by Gasteiger charge is -2.10. The molecule has 0 saturated heterocycles. The van der Waals surface area contributed by atoms with Gasteiger partial charge in [-0.15, -0.1) is 0 Å². The van der Waals surface area contributed by atoms with Gasteiger partial charge in [0.25, 0.3) is 15.7 Å². The van der Waals surface area contributed by atoms with Gasteiger partial charge in [-0.3, -0.25) is 4.79 Å². The van der Waals surface area contributed by atoms with Crippen molar-refractivity contribution in [3.05, 3.63) is 78.0 Å². The fraction of sp³-hybridized carbons (Fsp3) is 0.182. The zero-order chi connectivity index (χ0) is 24.1. The van der Waals surface area contributed by atoms with E-state index < -0.39 is 26.1 Å². The van der Waals surface area contributed by atoms with Gasteiger partial charge < -0.3 is 14.8 Å². The number of pyridine rings is 1. The third kappa shape index (κ3) is 6.01. The second-order valence-corrected chi connectivity index (χ2v) is 8.61. The van der Waals surface area contributed by atoms with E-state index in [1.807, 2.05) is 6.92 Å². The van der Waals surface area contributed by atoms with Crippen LogP contribution in [-0.2, 0) is 16.4 Å². The average molecular weight is 480 g/mol. The molecule has 0 aliphatic heterocycles. The Bertz CT molecular complexity index is 1210. The summed E-state index contributed by atoms with van der Waals surface area (Å²) >= 11 is 0. The lowest BCUT2D eigenvalue weighted by atomic mass is 10.2. The molecule has 3 aromatic rings. The van der Waals surface area contributed by atoms with E-state index in [2.05, 4.69) is 10.3 Å². The molecule has 33 heavy (non-hydrogen) atoms. The number of nitrogens with zero attached hydrogens (tertiary/aromatic N) is 1. The highest BCUT2D eigenvalue weighted by atomic mass is 32.2. The third-order valence-electron chi connectivity index (χ3n) is 4.34. The monoisotopic (exact) mass is 480 g/mol. The fourth-order valence-corrected chi connectivity index (χ4v) is 3.47. The van der Waals surface area contributed by atoms with Gasteiger partial charge in [0, 0.05) is 24.4 Å². The highest BCUT2D eigenvalue weighted by Crippen LogP contribution is 2.30. The molecule has 11 heteroatoms. The number of ether oxygens (including phenoxy) is 2. The molecule has 1 amide bonds. The highest BCUT2D eigenvalue weighted by Gasteiger charge is 2.46. The van der Waals surface area contributed by atoms with E-state index >= 15 is 0 Å². The number of rotatable bonds is 8.